The largest absolute Gasteiger partial charge is 0.447 e. The van der Waals surface area contributed by atoms with Gasteiger partial charge >= 0.3 is 5.97 Å². The van der Waals surface area contributed by atoms with E-state index in [2.05, 4.69) is 6.92 Å². The van der Waals surface area contributed by atoms with Crippen molar-refractivity contribution in [3.63, 3.8) is 0 Å². The fourth-order valence-corrected chi connectivity index (χ4v) is 0.868. The molecule has 1 atom stereocenters. The van der Waals surface area contributed by atoms with Crippen LogP contribution in [0.2, 0.25) is 0 Å². The minimum atomic E-state index is -0.404. The van der Waals surface area contributed by atoms with Crippen LogP contribution in [0.15, 0.2) is 0 Å². The van der Waals surface area contributed by atoms with Crippen molar-refractivity contribution in [2.45, 2.75) is 45.8 Å². The Kier molecular flexibility index (Phi) is 5.84. The van der Waals surface area contributed by atoms with E-state index < -0.39 is 6.23 Å². The van der Waals surface area contributed by atoms with Gasteiger partial charge in [0.2, 0.25) is 0 Å². The molecule has 0 aromatic heterocycles. The van der Waals surface area contributed by atoms with E-state index in [1.807, 2.05) is 0 Å². The Bertz CT molecular complexity index is 115. The first-order valence-corrected chi connectivity index (χ1v) is 4.09. The Labute approximate surface area is 67.9 Å². The minimum Gasteiger partial charge on any atom is -0.447 e. The molecule has 0 radical (unpaired) electrons. The van der Waals surface area contributed by atoms with Gasteiger partial charge in [0.15, 0.2) is 6.23 Å². The molecular weight excluding hydrogens is 142 g/mol. The van der Waals surface area contributed by atoms with Crippen molar-refractivity contribution in [2.24, 2.45) is 5.73 Å². The molecule has 0 heterocycles. The van der Waals surface area contributed by atoms with E-state index in [0.717, 1.165) is 25.7 Å². The van der Waals surface area contributed by atoms with E-state index in [1.54, 1.807) is 0 Å². The van der Waals surface area contributed by atoms with Gasteiger partial charge in [0.25, 0.3) is 0 Å². The van der Waals surface area contributed by atoms with Crippen molar-refractivity contribution >= 4 is 5.97 Å². The summed E-state index contributed by atoms with van der Waals surface area (Å²) in [5.41, 5.74) is 5.47. The standard InChI is InChI=1S/C8H17NO2/c1-3-4-5-6-8(9)11-7(2)10/h8H,3-6,9H2,1-2H3. The lowest BCUT2D eigenvalue weighted by Gasteiger charge is -2.10. The van der Waals surface area contributed by atoms with Crippen molar-refractivity contribution in [1.29, 1.82) is 0 Å². The Balaban J connectivity index is 3.22. The van der Waals surface area contributed by atoms with Crippen LogP contribution in [0.4, 0.5) is 0 Å². The maximum Gasteiger partial charge on any atom is 0.304 e. The van der Waals surface area contributed by atoms with Gasteiger partial charge in [0, 0.05) is 6.92 Å². The van der Waals surface area contributed by atoms with Crippen molar-refractivity contribution in [1.82, 2.24) is 0 Å². The molecule has 0 saturated heterocycles. The van der Waals surface area contributed by atoms with Gasteiger partial charge in [-0.05, 0) is 12.8 Å². The van der Waals surface area contributed by atoms with Gasteiger partial charge in [-0.2, -0.15) is 0 Å². The summed E-state index contributed by atoms with van der Waals surface area (Å²) in [7, 11) is 0. The molecule has 11 heavy (non-hydrogen) atoms. The maximum absolute atomic E-state index is 10.4. The highest BCUT2D eigenvalue weighted by molar-refractivity contribution is 5.66. The van der Waals surface area contributed by atoms with Crippen molar-refractivity contribution in [2.75, 3.05) is 0 Å². The summed E-state index contributed by atoms with van der Waals surface area (Å²) in [4.78, 5) is 10.4. The molecule has 0 aromatic rings. The lowest BCUT2D eigenvalue weighted by atomic mass is 10.2. The van der Waals surface area contributed by atoms with Crippen molar-refractivity contribution in [3.8, 4) is 0 Å². The average Bonchev–Trinajstić information content (AvgIpc) is 1.86. The number of ether oxygens (including phenoxy) is 1. The zero-order valence-corrected chi connectivity index (χ0v) is 7.30. The minimum absolute atomic E-state index is 0.297. The van der Waals surface area contributed by atoms with Crippen LogP contribution in [0.1, 0.15) is 39.5 Å². The van der Waals surface area contributed by atoms with E-state index in [1.165, 1.54) is 6.92 Å². The fourth-order valence-electron chi connectivity index (χ4n) is 0.868. The van der Waals surface area contributed by atoms with Gasteiger partial charge in [-0.25, -0.2) is 0 Å². The molecule has 0 aromatic carbocycles. The summed E-state index contributed by atoms with van der Waals surface area (Å²) in [5, 5.41) is 0. The highest BCUT2D eigenvalue weighted by Gasteiger charge is 2.03. The number of esters is 1. The van der Waals surface area contributed by atoms with Crippen LogP contribution in [0.5, 0.6) is 0 Å². The molecule has 2 N–H and O–H groups in total. The molecule has 3 nitrogen and oxygen atoms in total. The monoisotopic (exact) mass is 159 g/mol. The zero-order valence-electron chi connectivity index (χ0n) is 7.30. The third kappa shape index (κ3) is 7.33. The molecule has 3 heteroatoms. The van der Waals surface area contributed by atoms with Crippen LogP contribution in [0.3, 0.4) is 0 Å². The summed E-state index contributed by atoms with van der Waals surface area (Å²) < 4.78 is 4.74. The van der Waals surface area contributed by atoms with E-state index in [9.17, 15) is 4.79 Å². The van der Waals surface area contributed by atoms with Gasteiger partial charge in [-0.3, -0.25) is 10.5 Å². The van der Waals surface area contributed by atoms with Crippen LogP contribution >= 0.6 is 0 Å². The highest BCUT2D eigenvalue weighted by Crippen LogP contribution is 2.02. The van der Waals surface area contributed by atoms with Crippen LogP contribution in [-0.4, -0.2) is 12.2 Å². The molecule has 0 fully saturated rings. The third-order valence-electron chi connectivity index (χ3n) is 1.41. The second kappa shape index (κ2) is 6.16. The lowest BCUT2D eigenvalue weighted by Crippen LogP contribution is -2.25. The number of unbranched alkanes of at least 4 members (excludes halogenated alkanes) is 2. The van der Waals surface area contributed by atoms with Crippen LogP contribution < -0.4 is 5.73 Å². The Morgan fingerprint density at radius 1 is 1.55 bits per heavy atom. The lowest BCUT2D eigenvalue weighted by molar-refractivity contribution is -0.146. The highest BCUT2D eigenvalue weighted by atomic mass is 16.5. The molecule has 0 saturated carbocycles. The molecule has 66 valence electrons. The summed E-state index contributed by atoms with van der Waals surface area (Å²) >= 11 is 0. The molecule has 0 aliphatic carbocycles. The molecule has 0 spiro atoms. The van der Waals surface area contributed by atoms with E-state index >= 15 is 0 Å². The fraction of sp³-hybridized carbons (Fsp3) is 0.875. The average molecular weight is 159 g/mol. The Morgan fingerprint density at radius 2 is 2.18 bits per heavy atom. The van der Waals surface area contributed by atoms with Crippen molar-refractivity contribution < 1.29 is 9.53 Å². The van der Waals surface area contributed by atoms with Gasteiger partial charge in [0.05, 0.1) is 0 Å². The van der Waals surface area contributed by atoms with Gasteiger partial charge < -0.3 is 4.74 Å². The molecule has 0 aliphatic rings. The van der Waals surface area contributed by atoms with Gasteiger partial charge in [0.1, 0.15) is 0 Å². The first-order chi connectivity index (χ1) is 5.16. The van der Waals surface area contributed by atoms with Crippen LogP contribution in [-0.2, 0) is 9.53 Å². The van der Waals surface area contributed by atoms with E-state index in [-0.39, 0.29) is 5.97 Å². The van der Waals surface area contributed by atoms with E-state index in [4.69, 9.17) is 10.5 Å². The first-order valence-electron chi connectivity index (χ1n) is 4.09. The van der Waals surface area contributed by atoms with Crippen molar-refractivity contribution in [3.05, 3.63) is 0 Å². The smallest absolute Gasteiger partial charge is 0.304 e. The second-order valence-corrected chi connectivity index (χ2v) is 2.64. The first kappa shape index (κ1) is 10.4. The molecule has 0 bridgehead atoms. The van der Waals surface area contributed by atoms with Gasteiger partial charge in [-0.15, -0.1) is 0 Å². The second-order valence-electron chi connectivity index (χ2n) is 2.64. The SMILES string of the molecule is CCCCCC(N)OC(C)=O. The number of carbonyl (C=O) groups is 1. The zero-order chi connectivity index (χ0) is 8.69. The van der Waals surface area contributed by atoms with Crippen LogP contribution in [0, 0.1) is 0 Å². The summed E-state index contributed by atoms with van der Waals surface area (Å²) in [6, 6.07) is 0. The van der Waals surface area contributed by atoms with Gasteiger partial charge in [-0.1, -0.05) is 19.8 Å². The number of hydrogen-bond acceptors (Lipinski definition) is 3. The number of carbonyl (C=O) groups excluding carboxylic acids is 1. The van der Waals surface area contributed by atoms with E-state index in [0.29, 0.717) is 0 Å². The normalized spacial score (nSPS) is 12.6. The topological polar surface area (TPSA) is 52.3 Å². The molecule has 0 aliphatic heterocycles. The quantitative estimate of drug-likeness (QED) is 0.375. The number of nitrogens with two attached hydrogens (primary N) is 1. The third-order valence-corrected chi connectivity index (χ3v) is 1.41. The maximum atomic E-state index is 10.4. The number of rotatable bonds is 5. The Hall–Kier alpha value is -0.570. The molecule has 1 unspecified atom stereocenters. The molecule has 0 rings (SSSR count). The molecule has 0 amide bonds. The predicted molar refractivity (Wildman–Crippen MR) is 43.9 cm³/mol. The summed E-state index contributed by atoms with van der Waals surface area (Å²) in [5.74, 6) is -0.297. The molecular formula is C8H17NO2. The number of hydrogen-bond donors (Lipinski definition) is 1. The summed E-state index contributed by atoms with van der Waals surface area (Å²) in [6.45, 7) is 3.50. The van der Waals surface area contributed by atoms with Crippen LogP contribution in [0.25, 0.3) is 0 Å². The summed E-state index contributed by atoms with van der Waals surface area (Å²) in [6.07, 6.45) is 3.71. The Morgan fingerprint density at radius 3 is 2.64 bits per heavy atom. The predicted octanol–water partition coefficient (Wildman–Crippen LogP) is 1.41.